The van der Waals surface area contributed by atoms with Gasteiger partial charge in [-0.25, -0.2) is 0 Å². The SMILES string of the molecule is O=C(CCc1cccnc1)c1cccc2ccncc12. The van der Waals surface area contributed by atoms with Gasteiger partial charge in [0, 0.05) is 42.2 Å². The summed E-state index contributed by atoms with van der Waals surface area (Å²) in [5.74, 6) is 0.146. The van der Waals surface area contributed by atoms with Gasteiger partial charge in [0.15, 0.2) is 5.78 Å². The van der Waals surface area contributed by atoms with Crippen molar-refractivity contribution in [3.05, 3.63) is 72.3 Å². The van der Waals surface area contributed by atoms with Crippen molar-refractivity contribution in [2.24, 2.45) is 0 Å². The molecular formula is C17H14N2O. The lowest BCUT2D eigenvalue weighted by atomic mass is 9.99. The van der Waals surface area contributed by atoms with Crippen LogP contribution in [0.25, 0.3) is 10.8 Å². The first-order valence-electron chi connectivity index (χ1n) is 6.59. The number of aryl methyl sites for hydroxylation is 1. The lowest BCUT2D eigenvalue weighted by Gasteiger charge is -2.05. The third-order valence-corrected chi connectivity index (χ3v) is 3.35. The molecule has 0 aliphatic rings. The van der Waals surface area contributed by atoms with E-state index >= 15 is 0 Å². The molecule has 0 saturated carbocycles. The summed E-state index contributed by atoms with van der Waals surface area (Å²) in [5, 5.41) is 1.97. The van der Waals surface area contributed by atoms with Gasteiger partial charge >= 0.3 is 0 Å². The second-order valence-electron chi connectivity index (χ2n) is 4.69. The first-order valence-corrected chi connectivity index (χ1v) is 6.59. The van der Waals surface area contributed by atoms with Crippen LogP contribution in [0.15, 0.2) is 61.2 Å². The molecule has 0 atom stereocenters. The predicted octanol–water partition coefficient (Wildman–Crippen LogP) is 3.45. The van der Waals surface area contributed by atoms with Gasteiger partial charge < -0.3 is 0 Å². The van der Waals surface area contributed by atoms with Crippen LogP contribution in [0.1, 0.15) is 22.3 Å². The molecule has 0 radical (unpaired) electrons. The number of benzene rings is 1. The van der Waals surface area contributed by atoms with Crippen LogP contribution < -0.4 is 0 Å². The Labute approximate surface area is 117 Å². The van der Waals surface area contributed by atoms with Crippen LogP contribution in [-0.2, 0) is 6.42 Å². The van der Waals surface area contributed by atoms with E-state index in [0.29, 0.717) is 12.8 Å². The van der Waals surface area contributed by atoms with E-state index < -0.39 is 0 Å². The maximum absolute atomic E-state index is 12.4. The highest BCUT2D eigenvalue weighted by atomic mass is 16.1. The van der Waals surface area contributed by atoms with Gasteiger partial charge in [-0.05, 0) is 29.5 Å². The van der Waals surface area contributed by atoms with Crippen molar-refractivity contribution in [2.45, 2.75) is 12.8 Å². The third kappa shape index (κ3) is 2.57. The highest BCUT2D eigenvalue weighted by Crippen LogP contribution is 2.19. The Bertz CT molecular complexity index is 733. The first-order chi connectivity index (χ1) is 9.84. The maximum atomic E-state index is 12.4. The fraction of sp³-hybridized carbons (Fsp3) is 0.118. The number of aromatic nitrogens is 2. The Balaban J connectivity index is 1.82. The molecule has 2 aromatic heterocycles. The normalized spacial score (nSPS) is 10.6. The Kier molecular flexibility index (Phi) is 3.50. The van der Waals surface area contributed by atoms with Crippen LogP contribution in [0.4, 0.5) is 0 Å². The van der Waals surface area contributed by atoms with Crippen molar-refractivity contribution in [3.8, 4) is 0 Å². The molecule has 2 heterocycles. The molecule has 0 saturated heterocycles. The molecule has 0 aliphatic heterocycles. The number of hydrogen-bond acceptors (Lipinski definition) is 3. The molecule has 3 heteroatoms. The van der Waals surface area contributed by atoms with Gasteiger partial charge in [0.25, 0.3) is 0 Å². The average Bonchev–Trinajstić information content (AvgIpc) is 2.53. The number of nitrogens with zero attached hydrogens (tertiary/aromatic N) is 2. The highest BCUT2D eigenvalue weighted by Gasteiger charge is 2.10. The number of fused-ring (bicyclic) bond motifs is 1. The van der Waals surface area contributed by atoms with Crippen LogP contribution in [-0.4, -0.2) is 15.8 Å². The first kappa shape index (κ1) is 12.5. The van der Waals surface area contributed by atoms with E-state index in [0.717, 1.165) is 21.9 Å². The summed E-state index contributed by atoms with van der Waals surface area (Å²) in [6, 6.07) is 11.6. The van der Waals surface area contributed by atoms with Gasteiger partial charge in [0.2, 0.25) is 0 Å². The van der Waals surface area contributed by atoms with E-state index in [1.54, 1.807) is 24.8 Å². The number of pyridine rings is 2. The third-order valence-electron chi connectivity index (χ3n) is 3.35. The van der Waals surface area contributed by atoms with Gasteiger partial charge in [-0.2, -0.15) is 0 Å². The molecule has 0 fully saturated rings. The van der Waals surface area contributed by atoms with Gasteiger partial charge in [0.1, 0.15) is 0 Å². The van der Waals surface area contributed by atoms with E-state index in [2.05, 4.69) is 9.97 Å². The zero-order valence-electron chi connectivity index (χ0n) is 11.0. The molecular weight excluding hydrogens is 248 g/mol. The van der Waals surface area contributed by atoms with E-state index in [1.807, 2.05) is 36.4 Å². The summed E-state index contributed by atoms with van der Waals surface area (Å²) in [6.07, 6.45) is 8.24. The Morgan fingerprint density at radius 2 is 1.85 bits per heavy atom. The Hall–Kier alpha value is -2.55. The number of rotatable bonds is 4. The zero-order valence-corrected chi connectivity index (χ0v) is 11.0. The summed E-state index contributed by atoms with van der Waals surface area (Å²) in [6.45, 7) is 0. The second-order valence-corrected chi connectivity index (χ2v) is 4.69. The summed E-state index contributed by atoms with van der Waals surface area (Å²) in [5.41, 5.74) is 1.83. The number of Topliss-reactive ketones (excluding diaryl/α,β-unsaturated/α-hetero) is 1. The minimum Gasteiger partial charge on any atom is -0.294 e. The number of carbonyl (C=O) groups excluding carboxylic acids is 1. The van der Waals surface area contributed by atoms with Gasteiger partial charge in [-0.15, -0.1) is 0 Å². The van der Waals surface area contributed by atoms with Crippen LogP contribution in [0, 0.1) is 0 Å². The smallest absolute Gasteiger partial charge is 0.163 e. The van der Waals surface area contributed by atoms with E-state index in [-0.39, 0.29) is 5.78 Å². The lowest BCUT2D eigenvalue weighted by Crippen LogP contribution is -2.02. The van der Waals surface area contributed by atoms with E-state index in [4.69, 9.17) is 0 Å². The summed E-state index contributed by atoms with van der Waals surface area (Å²) in [4.78, 5) is 20.6. The Morgan fingerprint density at radius 1 is 0.950 bits per heavy atom. The molecule has 0 amide bonds. The zero-order chi connectivity index (χ0) is 13.8. The van der Waals surface area contributed by atoms with Crippen molar-refractivity contribution >= 4 is 16.6 Å². The van der Waals surface area contributed by atoms with Crippen LogP contribution in [0.2, 0.25) is 0 Å². The van der Waals surface area contributed by atoms with Crippen molar-refractivity contribution in [2.75, 3.05) is 0 Å². The quantitative estimate of drug-likeness (QED) is 0.676. The standard InChI is InChI=1S/C17H14N2O/c20-17(7-6-13-3-2-9-18-11-13)15-5-1-4-14-8-10-19-12-16(14)15/h1-5,8-12H,6-7H2. The van der Waals surface area contributed by atoms with Gasteiger partial charge in [0.05, 0.1) is 0 Å². The van der Waals surface area contributed by atoms with Crippen molar-refractivity contribution < 1.29 is 4.79 Å². The maximum Gasteiger partial charge on any atom is 0.163 e. The fourth-order valence-electron chi connectivity index (χ4n) is 2.30. The molecule has 0 spiro atoms. The number of ketones is 1. The molecule has 3 aromatic rings. The van der Waals surface area contributed by atoms with Crippen LogP contribution in [0.5, 0.6) is 0 Å². The Morgan fingerprint density at radius 3 is 2.70 bits per heavy atom. The molecule has 98 valence electrons. The highest BCUT2D eigenvalue weighted by molar-refractivity contribution is 6.07. The van der Waals surface area contributed by atoms with E-state index in [1.165, 1.54) is 0 Å². The largest absolute Gasteiger partial charge is 0.294 e. The monoisotopic (exact) mass is 262 g/mol. The molecule has 0 aliphatic carbocycles. The van der Waals surface area contributed by atoms with E-state index in [9.17, 15) is 4.79 Å². The van der Waals surface area contributed by atoms with Crippen LogP contribution >= 0.6 is 0 Å². The molecule has 0 bridgehead atoms. The summed E-state index contributed by atoms with van der Waals surface area (Å²) < 4.78 is 0. The number of hydrogen-bond donors (Lipinski definition) is 0. The van der Waals surface area contributed by atoms with Crippen LogP contribution in [0.3, 0.4) is 0 Å². The van der Waals surface area contributed by atoms with Gasteiger partial charge in [-0.3, -0.25) is 14.8 Å². The number of carbonyl (C=O) groups is 1. The molecule has 3 rings (SSSR count). The fourth-order valence-corrected chi connectivity index (χ4v) is 2.30. The predicted molar refractivity (Wildman–Crippen MR) is 78.6 cm³/mol. The summed E-state index contributed by atoms with van der Waals surface area (Å²) in [7, 11) is 0. The average molecular weight is 262 g/mol. The molecule has 0 unspecified atom stereocenters. The molecule has 20 heavy (non-hydrogen) atoms. The molecule has 0 N–H and O–H groups in total. The van der Waals surface area contributed by atoms with Crippen molar-refractivity contribution in [1.29, 1.82) is 0 Å². The second kappa shape index (κ2) is 5.61. The molecule has 1 aromatic carbocycles. The summed E-state index contributed by atoms with van der Waals surface area (Å²) >= 11 is 0. The minimum absolute atomic E-state index is 0.146. The van der Waals surface area contributed by atoms with Gasteiger partial charge in [-0.1, -0.05) is 24.3 Å². The minimum atomic E-state index is 0.146. The molecule has 3 nitrogen and oxygen atoms in total. The topological polar surface area (TPSA) is 42.9 Å². The van der Waals surface area contributed by atoms with Crippen molar-refractivity contribution in [1.82, 2.24) is 9.97 Å². The van der Waals surface area contributed by atoms with Crippen molar-refractivity contribution in [3.63, 3.8) is 0 Å². The lowest BCUT2D eigenvalue weighted by molar-refractivity contribution is 0.0984.